The van der Waals surface area contributed by atoms with Crippen molar-refractivity contribution in [3.63, 3.8) is 0 Å². The lowest BCUT2D eigenvalue weighted by Gasteiger charge is -2.39. The van der Waals surface area contributed by atoms with Crippen LogP contribution in [0.15, 0.2) is 59.5 Å². The molecule has 36 heavy (non-hydrogen) atoms. The van der Waals surface area contributed by atoms with Gasteiger partial charge in [-0.15, -0.1) is 0 Å². The summed E-state index contributed by atoms with van der Waals surface area (Å²) < 4.78 is 11.7. The van der Waals surface area contributed by atoms with E-state index in [1.54, 1.807) is 31.5 Å². The first-order valence-electron chi connectivity index (χ1n) is 11.6. The van der Waals surface area contributed by atoms with Crippen LogP contribution in [-0.2, 0) is 0 Å². The molecule has 0 bridgehead atoms. The first kappa shape index (κ1) is 23.9. The van der Waals surface area contributed by atoms with Gasteiger partial charge in [0.05, 0.1) is 17.6 Å². The Hall–Kier alpha value is -3.82. The third kappa shape index (κ3) is 5.07. The molecule has 0 atom stereocenters. The maximum atomic E-state index is 12.6. The lowest BCUT2D eigenvalue weighted by Crippen LogP contribution is -2.46. The Balaban J connectivity index is 1.29. The number of halogens is 1. The molecule has 1 saturated carbocycles. The van der Waals surface area contributed by atoms with Crippen LogP contribution in [0.4, 0.5) is 23.1 Å². The van der Waals surface area contributed by atoms with Gasteiger partial charge in [-0.1, -0.05) is 23.7 Å². The lowest BCUT2D eigenvalue weighted by atomic mass is 9.88. The summed E-state index contributed by atoms with van der Waals surface area (Å²) in [6, 6.07) is 15.0. The van der Waals surface area contributed by atoms with Crippen molar-refractivity contribution < 1.29 is 9.47 Å². The molecular formula is C26H27ClN6O3. The van der Waals surface area contributed by atoms with Gasteiger partial charge in [0.2, 0.25) is 5.95 Å². The van der Waals surface area contributed by atoms with Gasteiger partial charge in [0.25, 0.3) is 5.56 Å². The average molecular weight is 507 g/mol. The van der Waals surface area contributed by atoms with Gasteiger partial charge in [-0.2, -0.15) is 4.98 Å². The molecule has 2 heterocycles. The van der Waals surface area contributed by atoms with Crippen molar-refractivity contribution in [3.05, 3.63) is 70.1 Å². The summed E-state index contributed by atoms with van der Waals surface area (Å²) in [6.07, 6.45) is 3.79. The number of benzene rings is 2. The monoisotopic (exact) mass is 506 g/mol. The fourth-order valence-corrected chi connectivity index (χ4v) is 4.35. The maximum Gasteiger partial charge on any atom is 0.272 e. The molecule has 10 heteroatoms. The number of nitrogens with zero attached hydrogens (tertiary/aromatic N) is 3. The van der Waals surface area contributed by atoms with E-state index in [-0.39, 0.29) is 11.7 Å². The normalized spacial score (nSPS) is 17.0. The van der Waals surface area contributed by atoms with Gasteiger partial charge in [-0.05, 0) is 57.3 Å². The Labute approximate surface area is 213 Å². The molecule has 3 N–H and O–H groups in total. The topological polar surface area (TPSA) is 104 Å². The summed E-state index contributed by atoms with van der Waals surface area (Å²) in [4.78, 5) is 26.4. The Kier molecular flexibility index (Phi) is 6.67. The van der Waals surface area contributed by atoms with Crippen molar-refractivity contribution in [1.82, 2.24) is 19.9 Å². The zero-order valence-corrected chi connectivity index (χ0v) is 21.0. The molecule has 0 saturated heterocycles. The van der Waals surface area contributed by atoms with Crippen molar-refractivity contribution >= 4 is 45.6 Å². The third-order valence-corrected chi connectivity index (χ3v) is 6.58. The maximum absolute atomic E-state index is 12.6. The SMILES string of the molecule is COc1cc(Nc2nccc(Nc3cc4cccc(Cl)c4[nH]c3=O)n2)ccc1OC1CC(N(C)C)C1. The Morgan fingerprint density at radius 3 is 2.69 bits per heavy atom. The van der Waals surface area contributed by atoms with Gasteiger partial charge in [0.15, 0.2) is 11.5 Å². The molecule has 0 spiro atoms. The molecule has 0 radical (unpaired) electrons. The highest BCUT2D eigenvalue weighted by Gasteiger charge is 2.32. The molecule has 1 aliphatic carbocycles. The van der Waals surface area contributed by atoms with Gasteiger partial charge in [0, 0.05) is 29.4 Å². The zero-order chi connectivity index (χ0) is 25.2. The number of nitrogens with one attached hydrogen (secondary N) is 3. The van der Waals surface area contributed by atoms with Crippen molar-refractivity contribution in [3.8, 4) is 11.5 Å². The largest absolute Gasteiger partial charge is 0.493 e. The van der Waals surface area contributed by atoms with E-state index in [2.05, 4.69) is 44.6 Å². The molecule has 1 fully saturated rings. The highest BCUT2D eigenvalue weighted by atomic mass is 35.5. The summed E-state index contributed by atoms with van der Waals surface area (Å²) >= 11 is 6.18. The molecule has 2 aromatic heterocycles. The van der Waals surface area contributed by atoms with E-state index in [0.717, 1.165) is 23.9 Å². The molecule has 0 aliphatic heterocycles. The highest BCUT2D eigenvalue weighted by molar-refractivity contribution is 6.35. The van der Waals surface area contributed by atoms with Gasteiger partial charge < -0.3 is 30.0 Å². The fourth-order valence-electron chi connectivity index (χ4n) is 4.12. The van der Waals surface area contributed by atoms with Gasteiger partial charge in [0.1, 0.15) is 17.6 Å². The number of aromatic amines is 1. The van der Waals surface area contributed by atoms with E-state index in [1.165, 1.54) is 0 Å². The van der Waals surface area contributed by atoms with E-state index in [1.807, 2.05) is 30.3 Å². The van der Waals surface area contributed by atoms with Crippen LogP contribution < -0.4 is 25.7 Å². The summed E-state index contributed by atoms with van der Waals surface area (Å²) in [5, 5.41) is 7.54. The summed E-state index contributed by atoms with van der Waals surface area (Å²) in [5.74, 6) is 2.16. The molecule has 0 unspecified atom stereocenters. The number of fused-ring (bicyclic) bond motifs is 1. The first-order valence-corrected chi connectivity index (χ1v) is 12.0. The van der Waals surface area contributed by atoms with Crippen molar-refractivity contribution in [2.45, 2.75) is 25.0 Å². The number of rotatable bonds is 8. The molecule has 9 nitrogen and oxygen atoms in total. The quantitative estimate of drug-likeness (QED) is 0.309. The minimum atomic E-state index is -0.299. The lowest BCUT2D eigenvalue weighted by molar-refractivity contribution is 0.0383. The predicted octanol–water partition coefficient (Wildman–Crippen LogP) is 4.94. The number of ether oxygens (including phenoxy) is 2. The third-order valence-electron chi connectivity index (χ3n) is 6.26. The second-order valence-electron chi connectivity index (χ2n) is 8.93. The van der Waals surface area contributed by atoms with Crippen LogP contribution in [0.1, 0.15) is 12.8 Å². The second-order valence-corrected chi connectivity index (χ2v) is 9.33. The van der Waals surface area contributed by atoms with E-state index >= 15 is 0 Å². The van der Waals surface area contributed by atoms with Crippen molar-refractivity contribution in [2.24, 2.45) is 0 Å². The summed E-state index contributed by atoms with van der Waals surface area (Å²) in [7, 11) is 5.79. The number of aromatic nitrogens is 3. The smallest absolute Gasteiger partial charge is 0.272 e. The predicted molar refractivity (Wildman–Crippen MR) is 142 cm³/mol. The number of pyridine rings is 1. The van der Waals surface area contributed by atoms with Gasteiger partial charge >= 0.3 is 0 Å². The number of H-pyrrole nitrogens is 1. The molecule has 2 aromatic carbocycles. The van der Waals surface area contributed by atoms with Crippen molar-refractivity contribution in [2.75, 3.05) is 31.8 Å². The van der Waals surface area contributed by atoms with E-state index < -0.39 is 0 Å². The fraction of sp³-hybridized carbons (Fsp3) is 0.269. The second kappa shape index (κ2) is 10.0. The van der Waals surface area contributed by atoms with Gasteiger partial charge in [-0.3, -0.25) is 4.79 Å². The van der Waals surface area contributed by atoms with Crippen LogP contribution in [0, 0.1) is 0 Å². The Bertz CT molecular complexity index is 1450. The minimum absolute atomic E-state index is 0.186. The minimum Gasteiger partial charge on any atom is -0.493 e. The number of methoxy groups -OCH3 is 1. The van der Waals surface area contributed by atoms with E-state index in [9.17, 15) is 4.79 Å². The molecule has 1 aliphatic rings. The van der Waals surface area contributed by atoms with Crippen LogP contribution in [0.2, 0.25) is 5.02 Å². The van der Waals surface area contributed by atoms with Crippen LogP contribution >= 0.6 is 11.6 Å². The van der Waals surface area contributed by atoms with Crippen LogP contribution in [0.25, 0.3) is 10.9 Å². The number of para-hydroxylation sites is 1. The van der Waals surface area contributed by atoms with Crippen molar-refractivity contribution in [1.29, 1.82) is 0 Å². The summed E-state index contributed by atoms with van der Waals surface area (Å²) in [5.41, 5.74) is 1.39. The van der Waals surface area contributed by atoms with Crippen LogP contribution in [0.5, 0.6) is 11.5 Å². The number of hydrogen-bond donors (Lipinski definition) is 3. The molecule has 186 valence electrons. The average Bonchev–Trinajstić information content (AvgIpc) is 2.83. The standard InChI is InChI=1S/C26H27ClN6O3/c1-33(2)17-13-18(14-17)36-21-8-7-16(12-22(21)35-3)29-26-28-10-9-23(31-26)30-20-11-15-5-4-6-19(27)24(15)32-25(20)34/h4-12,17-18H,13-14H2,1-3H3,(H,32,34)(H2,28,29,30,31). The van der Waals surface area contributed by atoms with E-state index in [0.29, 0.717) is 45.5 Å². The Morgan fingerprint density at radius 1 is 1.08 bits per heavy atom. The van der Waals surface area contributed by atoms with Gasteiger partial charge in [-0.25, -0.2) is 4.98 Å². The number of anilines is 4. The van der Waals surface area contributed by atoms with Crippen LogP contribution in [0.3, 0.4) is 0 Å². The van der Waals surface area contributed by atoms with Crippen LogP contribution in [-0.4, -0.2) is 53.2 Å². The Morgan fingerprint density at radius 2 is 1.92 bits per heavy atom. The summed E-state index contributed by atoms with van der Waals surface area (Å²) in [6.45, 7) is 0. The molecule has 0 amide bonds. The molecule has 5 rings (SSSR count). The number of hydrogen-bond acceptors (Lipinski definition) is 8. The highest BCUT2D eigenvalue weighted by Crippen LogP contribution is 2.36. The molecular weight excluding hydrogens is 480 g/mol. The first-order chi connectivity index (χ1) is 17.4. The molecule has 4 aromatic rings. The zero-order valence-electron chi connectivity index (χ0n) is 20.2. The van der Waals surface area contributed by atoms with E-state index in [4.69, 9.17) is 21.1 Å².